The summed E-state index contributed by atoms with van der Waals surface area (Å²) in [6, 6.07) is 6.36. The Hall–Kier alpha value is -0.620. The van der Waals surface area contributed by atoms with Crippen LogP contribution in [-0.2, 0) is 0 Å². The van der Waals surface area contributed by atoms with Gasteiger partial charge in [0.15, 0.2) is 0 Å². The molecule has 3 heteroatoms. The molecule has 3 rings (SSSR count). The lowest BCUT2D eigenvalue weighted by Crippen LogP contribution is -2.29. The Morgan fingerprint density at radius 1 is 0.905 bits per heavy atom. The van der Waals surface area contributed by atoms with Crippen LogP contribution in [0.5, 0.6) is 0 Å². The van der Waals surface area contributed by atoms with E-state index < -0.39 is 0 Å². The van der Waals surface area contributed by atoms with Crippen LogP contribution in [-0.4, -0.2) is 23.3 Å². The first-order valence-electron chi connectivity index (χ1n) is 8.79. The van der Waals surface area contributed by atoms with Gasteiger partial charge in [-0.1, -0.05) is 44.6 Å². The highest BCUT2D eigenvalue weighted by Gasteiger charge is 2.34. The maximum atomic E-state index is 4.63. The smallest absolute Gasteiger partial charge is 0.131 e. The van der Waals surface area contributed by atoms with Crippen molar-refractivity contribution in [1.29, 1.82) is 0 Å². The largest absolute Gasteiger partial charge is 0.338 e. The first-order valence-corrected chi connectivity index (χ1v) is 10.2. The standard InChI is InChI=1S/C18H29N2P/c1-20(18-14-8-9-15-19-18)21(16-10-4-2-5-11-16)17-12-6-3-7-13-17/h8-9,14-17H,2-7,10-13H2,1H3. The van der Waals surface area contributed by atoms with E-state index in [1.807, 2.05) is 12.3 Å². The molecule has 1 aromatic heterocycles. The van der Waals surface area contributed by atoms with Crippen LogP contribution in [0.3, 0.4) is 0 Å². The highest BCUT2D eigenvalue weighted by Crippen LogP contribution is 2.58. The molecule has 2 aliphatic carbocycles. The van der Waals surface area contributed by atoms with E-state index in [2.05, 4.69) is 28.8 Å². The van der Waals surface area contributed by atoms with Gasteiger partial charge in [0, 0.05) is 13.2 Å². The molecule has 0 unspecified atom stereocenters. The van der Waals surface area contributed by atoms with Crippen molar-refractivity contribution in [3.8, 4) is 0 Å². The minimum absolute atomic E-state index is 0.0637. The molecule has 21 heavy (non-hydrogen) atoms. The van der Waals surface area contributed by atoms with Crippen molar-refractivity contribution in [3.05, 3.63) is 24.4 Å². The topological polar surface area (TPSA) is 16.1 Å². The molecule has 2 fully saturated rings. The van der Waals surface area contributed by atoms with Crippen LogP contribution >= 0.6 is 8.07 Å². The number of anilines is 1. The van der Waals surface area contributed by atoms with Crippen molar-refractivity contribution in [1.82, 2.24) is 4.98 Å². The molecule has 1 heterocycles. The summed E-state index contributed by atoms with van der Waals surface area (Å²) in [5.74, 6) is 1.19. The monoisotopic (exact) mass is 304 g/mol. The third-order valence-electron chi connectivity index (χ3n) is 5.22. The average molecular weight is 304 g/mol. The Balaban J connectivity index is 1.80. The fourth-order valence-corrected chi connectivity index (χ4v) is 7.86. The first-order chi connectivity index (χ1) is 10.4. The van der Waals surface area contributed by atoms with E-state index in [1.54, 1.807) is 0 Å². The Morgan fingerprint density at radius 2 is 1.48 bits per heavy atom. The van der Waals surface area contributed by atoms with Crippen molar-refractivity contribution in [3.63, 3.8) is 0 Å². The molecule has 116 valence electrons. The van der Waals surface area contributed by atoms with Gasteiger partial charge in [-0.05, 0) is 57.2 Å². The van der Waals surface area contributed by atoms with Gasteiger partial charge in [-0.25, -0.2) is 4.98 Å². The van der Waals surface area contributed by atoms with Gasteiger partial charge >= 0.3 is 0 Å². The molecule has 0 spiro atoms. The molecule has 0 amide bonds. The Bertz CT molecular complexity index is 392. The van der Waals surface area contributed by atoms with Gasteiger partial charge in [0.2, 0.25) is 0 Å². The number of nitrogens with zero attached hydrogens (tertiary/aromatic N) is 2. The zero-order chi connectivity index (χ0) is 14.5. The second-order valence-electron chi connectivity index (χ2n) is 6.68. The average Bonchev–Trinajstić information content (AvgIpc) is 2.58. The maximum absolute atomic E-state index is 4.63. The highest BCUT2D eigenvalue weighted by atomic mass is 31.1. The summed E-state index contributed by atoms with van der Waals surface area (Å²) in [6.45, 7) is 0. The summed E-state index contributed by atoms with van der Waals surface area (Å²) >= 11 is 0. The zero-order valence-corrected chi connectivity index (χ0v) is 14.3. The number of pyridine rings is 1. The summed E-state index contributed by atoms with van der Waals surface area (Å²) in [6.07, 6.45) is 16.5. The predicted octanol–water partition coefficient (Wildman–Crippen LogP) is 5.58. The van der Waals surface area contributed by atoms with E-state index in [1.165, 1.54) is 70.0 Å². The molecule has 0 aliphatic heterocycles. The summed E-state index contributed by atoms with van der Waals surface area (Å²) in [5.41, 5.74) is 1.90. The third kappa shape index (κ3) is 3.77. The first kappa shape index (κ1) is 15.3. The minimum atomic E-state index is -0.0637. The van der Waals surface area contributed by atoms with Crippen LogP contribution < -0.4 is 4.67 Å². The van der Waals surface area contributed by atoms with Crippen LogP contribution in [0.1, 0.15) is 64.2 Å². The molecule has 2 aliphatic rings. The highest BCUT2D eigenvalue weighted by molar-refractivity contribution is 7.60. The molecular formula is C18H29N2P. The van der Waals surface area contributed by atoms with E-state index in [0.717, 1.165) is 11.3 Å². The zero-order valence-electron chi connectivity index (χ0n) is 13.4. The van der Waals surface area contributed by atoms with Crippen LogP contribution in [0.25, 0.3) is 0 Å². The van der Waals surface area contributed by atoms with Crippen molar-refractivity contribution in [2.45, 2.75) is 75.5 Å². The molecular weight excluding hydrogens is 275 g/mol. The lowest BCUT2D eigenvalue weighted by molar-refractivity contribution is 0.483. The van der Waals surface area contributed by atoms with E-state index in [4.69, 9.17) is 0 Å². The fourth-order valence-electron chi connectivity index (χ4n) is 4.14. The van der Waals surface area contributed by atoms with Crippen LogP contribution in [0.2, 0.25) is 0 Å². The lowest BCUT2D eigenvalue weighted by atomic mass is 10.00. The number of hydrogen-bond donors (Lipinski definition) is 0. The fraction of sp³-hybridized carbons (Fsp3) is 0.722. The minimum Gasteiger partial charge on any atom is -0.338 e. The molecule has 0 aromatic carbocycles. The van der Waals surface area contributed by atoms with Gasteiger partial charge < -0.3 is 4.67 Å². The molecule has 0 bridgehead atoms. The van der Waals surface area contributed by atoms with Crippen LogP contribution in [0.15, 0.2) is 24.4 Å². The second kappa shape index (κ2) is 7.58. The van der Waals surface area contributed by atoms with E-state index in [0.29, 0.717) is 0 Å². The predicted molar refractivity (Wildman–Crippen MR) is 93.3 cm³/mol. The summed E-state index contributed by atoms with van der Waals surface area (Å²) in [5, 5.41) is 0. The van der Waals surface area contributed by atoms with Gasteiger partial charge in [-0.15, -0.1) is 0 Å². The Kier molecular flexibility index (Phi) is 5.52. The molecule has 0 saturated heterocycles. The van der Waals surface area contributed by atoms with Gasteiger partial charge in [-0.2, -0.15) is 0 Å². The SMILES string of the molecule is CN(c1ccccn1)P(C1CCCCC1)C1CCCCC1. The molecule has 0 radical (unpaired) electrons. The lowest BCUT2D eigenvalue weighted by Gasteiger charge is -2.43. The van der Waals surface area contributed by atoms with E-state index in [9.17, 15) is 0 Å². The van der Waals surface area contributed by atoms with Crippen molar-refractivity contribution < 1.29 is 0 Å². The van der Waals surface area contributed by atoms with Crippen molar-refractivity contribution >= 4 is 13.9 Å². The molecule has 1 aromatic rings. The Labute approximate surface area is 131 Å². The van der Waals surface area contributed by atoms with Crippen molar-refractivity contribution in [2.75, 3.05) is 11.7 Å². The number of rotatable bonds is 4. The maximum Gasteiger partial charge on any atom is 0.131 e. The van der Waals surface area contributed by atoms with Crippen LogP contribution in [0, 0.1) is 0 Å². The van der Waals surface area contributed by atoms with Gasteiger partial charge in [0.05, 0.1) is 0 Å². The summed E-state index contributed by atoms with van der Waals surface area (Å²) in [7, 11) is 2.25. The second-order valence-corrected chi connectivity index (χ2v) is 9.50. The van der Waals surface area contributed by atoms with Crippen molar-refractivity contribution in [2.24, 2.45) is 0 Å². The Morgan fingerprint density at radius 3 is 1.95 bits per heavy atom. The molecule has 2 saturated carbocycles. The molecule has 2 nitrogen and oxygen atoms in total. The normalized spacial score (nSPS) is 21.6. The summed E-state index contributed by atoms with van der Waals surface area (Å²) in [4.78, 5) is 4.63. The summed E-state index contributed by atoms with van der Waals surface area (Å²) < 4.78 is 2.58. The van der Waals surface area contributed by atoms with Gasteiger partial charge in [0.1, 0.15) is 5.82 Å². The number of hydrogen-bond acceptors (Lipinski definition) is 2. The molecule has 0 N–H and O–H groups in total. The quantitative estimate of drug-likeness (QED) is 0.675. The molecule has 0 atom stereocenters. The van der Waals surface area contributed by atoms with E-state index in [-0.39, 0.29) is 8.07 Å². The third-order valence-corrected chi connectivity index (χ3v) is 8.65. The number of aromatic nitrogens is 1. The van der Waals surface area contributed by atoms with Gasteiger partial charge in [0.25, 0.3) is 0 Å². The van der Waals surface area contributed by atoms with E-state index >= 15 is 0 Å². The van der Waals surface area contributed by atoms with Crippen LogP contribution in [0.4, 0.5) is 5.82 Å². The van der Waals surface area contributed by atoms with Gasteiger partial charge in [-0.3, -0.25) is 0 Å².